The van der Waals surface area contributed by atoms with E-state index < -0.39 is 0 Å². The molecular weight excluding hydrogens is 743 g/mol. The Morgan fingerprint density at radius 2 is 1.16 bits per heavy atom. The SMILES string of the molecule is NC=C(c1ccccc1)c1nc(-c2ccccc2)c(C2C=CC=C(c3cccc(-c4nc(-c5ccc(C6C=CC=CC6)cc5)nc(C5C=CC=CC5)n4)c3)C2)c2ccccc12. The number of allylic oxidation sites excluding steroid dienone is 12. The molecule has 61 heavy (non-hydrogen) atoms. The molecule has 0 radical (unpaired) electrons. The summed E-state index contributed by atoms with van der Waals surface area (Å²) in [6, 6.07) is 46.9. The minimum Gasteiger partial charge on any atom is -0.404 e. The Kier molecular flexibility index (Phi) is 10.5. The third kappa shape index (κ3) is 7.74. The van der Waals surface area contributed by atoms with Gasteiger partial charge in [-0.3, -0.25) is 0 Å². The molecule has 2 aromatic heterocycles. The van der Waals surface area contributed by atoms with E-state index in [2.05, 4.69) is 182 Å². The zero-order valence-electron chi connectivity index (χ0n) is 33.8. The van der Waals surface area contributed by atoms with Crippen LogP contribution in [0, 0.1) is 0 Å². The Morgan fingerprint density at radius 3 is 1.89 bits per heavy atom. The van der Waals surface area contributed by atoms with E-state index in [-0.39, 0.29) is 11.8 Å². The highest BCUT2D eigenvalue weighted by atomic mass is 15.0. The number of fused-ring (bicyclic) bond motifs is 1. The zero-order chi connectivity index (χ0) is 41.0. The quantitative estimate of drug-likeness (QED) is 0.158. The summed E-state index contributed by atoms with van der Waals surface area (Å²) in [5, 5.41) is 2.25. The van der Waals surface area contributed by atoms with Gasteiger partial charge in [-0.2, -0.15) is 0 Å². The molecule has 7 aromatic rings. The molecule has 3 aliphatic rings. The van der Waals surface area contributed by atoms with Gasteiger partial charge in [-0.05, 0) is 58.5 Å². The minimum absolute atomic E-state index is 0.0666. The molecular formula is C56H45N5. The summed E-state index contributed by atoms with van der Waals surface area (Å²) in [6.45, 7) is 0. The third-order valence-electron chi connectivity index (χ3n) is 12.0. The number of benzene rings is 5. The summed E-state index contributed by atoms with van der Waals surface area (Å²) in [5.41, 5.74) is 18.1. The van der Waals surface area contributed by atoms with Gasteiger partial charge in [0, 0.05) is 51.6 Å². The normalized spacial score (nSPS) is 18.4. The summed E-state index contributed by atoms with van der Waals surface area (Å²) >= 11 is 0. The van der Waals surface area contributed by atoms with Crippen LogP contribution >= 0.6 is 0 Å². The van der Waals surface area contributed by atoms with Gasteiger partial charge in [0.1, 0.15) is 5.82 Å². The lowest BCUT2D eigenvalue weighted by Gasteiger charge is -2.25. The van der Waals surface area contributed by atoms with Gasteiger partial charge in [0.15, 0.2) is 11.6 Å². The summed E-state index contributed by atoms with van der Waals surface area (Å²) in [7, 11) is 0. The molecule has 0 saturated carbocycles. The Hall–Kier alpha value is -7.50. The van der Waals surface area contributed by atoms with Crippen molar-refractivity contribution >= 4 is 21.9 Å². The number of aromatic nitrogens is 4. The molecule has 0 amide bonds. The van der Waals surface area contributed by atoms with Gasteiger partial charge in [0.25, 0.3) is 0 Å². The maximum absolute atomic E-state index is 6.41. The Morgan fingerprint density at radius 1 is 0.525 bits per heavy atom. The van der Waals surface area contributed by atoms with Crippen molar-refractivity contribution in [3.05, 3.63) is 240 Å². The first-order chi connectivity index (χ1) is 30.2. The maximum Gasteiger partial charge on any atom is 0.163 e. The molecule has 5 heteroatoms. The number of nitrogens with two attached hydrogens (primary N) is 1. The average molecular weight is 788 g/mol. The van der Waals surface area contributed by atoms with Crippen molar-refractivity contribution < 1.29 is 0 Å². The summed E-state index contributed by atoms with van der Waals surface area (Å²) in [5.74, 6) is 2.68. The second-order valence-corrected chi connectivity index (χ2v) is 15.8. The summed E-state index contributed by atoms with van der Waals surface area (Å²) < 4.78 is 0. The zero-order valence-corrected chi connectivity index (χ0v) is 33.8. The van der Waals surface area contributed by atoms with E-state index in [0.717, 1.165) is 75.3 Å². The highest BCUT2D eigenvalue weighted by Crippen LogP contribution is 2.44. The molecule has 5 nitrogen and oxygen atoms in total. The molecule has 0 spiro atoms. The Bertz CT molecular complexity index is 2950. The van der Waals surface area contributed by atoms with Gasteiger partial charge in [-0.15, -0.1) is 0 Å². The summed E-state index contributed by atoms with van der Waals surface area (Å²) in [6.07, 6.45) is 28.4. The van der Waals surface area contributed by atoms with Crippen molar-refractivity contribution in [3.8, 4) is 34.0 Å². The first-order valence-electron chi connectivity index (χ1n) is 21.2. The lowest BCUT2D eigenvalue weighted by atomic mass is 9.81. The van der Waals surface area contributed by atoms with Crippen molar-refractivity contribution in [1.29, 1.82) is 0 Å². The monoisotopic (exact) mass is 787 g/mol. The number of nitrogens with zero attached hydrogens (tertiary/aromatic N) is 4. The van der Waals surface area contributed by atoms with Crippen molar-refractivity contribution in [2.75, 3.05) is 0 Å². The van der Waals surface area contributed by atoms with E-state index >= 15 is 0 Å². The summed E-state index contributed by atoms with van der Waals surface area (Å²) in [4.78, 5) is 20.9. The molecule has 2 heterocycles. The lowest BCUT2D eigenvalue weighted by molar-refractivity contribution is 0.764. The van der Waals surface area contributed by atoms with Crippen LogP contribution < -0.4 is 5.73 Å². The minimum atomic E-state index is 0.0666. The number of hydrogen-bond donors (Lipinski definition) is 1. The number of pyridine rings is 1. The van der Waals surface area contributed by atoms with Crippen molar-refractivity contribution in [2.24, 2.45) is 5.73 Å². The van der Waals surface area contributed by atoms with E-state index in [1.807, 2.05) is 18.2 Å². The van der Waals surface area contributed by atoms with Crippen LogP contribution in [0.5, 0.6) is 0 Å². The highest BCUT2D eigenvalue weighted by molar-refractivity contribution is 6.01. The van der Waals surface area contributed by atoms with Crippen LogP contribution in [0.4, 0.5) is 0 Å². The van der Waals surface area contributed by atoms with E-state index in [4.69, 9.17) is 25.7 Å². The molecule has 2 N–H and O–H groups in total. The smallest absolute Gasteiger partial charge is 0.163 e. The van der Waals surface area contributed by atoms with Crippen LogP contribution in [-0.2, 0) is 0 Å². The number of hydrogen-bond acceptors (Lipinski definition) is 5. The molecule has 3 aliphatic carbocycles. The maximum atomic E-state index is 6.41. The number of rotatable bonds is 9. The lowest BCUT2D eigenvalue weighted by Crippen LogP contribution is -2.09. The fourth-order valence-electron chi connectivity index (χ4n) is 8.86. The molecule has 0 aliphatic heterocycles. The molecule has 294 valence electrons. The second-order valence-electron chi connectivity index (χ2n) is 15.8. The van der Waals surface area contributed by atoms with Crippen LogP contribution in [0.1, 0.15) is 70.8 Å². The van der Waals surface area contributed by atoms with Crippen LogP contribution in [0.25, 0.3) is 56.0 Å². The van der Waals surface area contributed by atoms with Gasteiger partial charge in [-0.25, -0.2) is 19.9 Å². The first kappa shape index (κ1) is 37.7. The second kappa shape index (κ2) is 17.0. The van der Waals surface area contributed by atoms with Crippen LogP contribution in [0.3, 0.4) is 0 Å². The average Bonchev–Trinajstić information content (AvgIpc) is 3.35. The fraction of sp³-hybridized carbons (Fsp3) is 0.107. The molecule has 3 unspecified atom stereocenters. The van der Waals surface area contributed by atoms with E-state index in [1.54, 1.807) is 6.20 Å². The topological polar surface area (TPSA) is 77.6 Å². The Labute approximate surface area is 357 Å². The molecule has 3 atom stereocenters. The van der Waals surface area contributed by atoms with E-state index in [1.165, 1.54) is 22.1 Å². The molecule has 0 fully saturated rings. The van der Waals surface area contributed by atoms with Crippen molar-refractivity contribution in [2.45, 2.75) is 37.0 Å². The van der Waals surface area contributed by atoms with E-state index in [0.29, 0.717) is 17.6 Å². The van der Waals surface area contributed by atoms with Crippen molar-refractivity contribution in [3.63, 3.8) is 0 Å². The van der Waals surface area contributed by atoms with E-state index in [9.17, 15) is 0 Å². The van der Waals surface area contributed by atoms with Crippen LogP contribution in [0.15, 0.2) is 206 Å². The highest BCUT2D eigenvalue weighted by Gasteiger charge is 2.26. The first-order valence-corrected chi connectivity index (χ1v) is 21.2. The van der Waals surface area contributed by atoms with Gasteiger partial charge in [0.05, 0.1) is 11.4 Å². The Balaban J connectivity index is 1.02. The predicted molar refractivity (Wildman–Crippen MR) is 251 cm³/mol. The van der Waals surface area contributed by atoms with Gasteiger partial charge < -0.3 is 5.73 Å². The molecule has 0 bridgehead atoms. The fourth-order valence-corrected chi connectivity index (χ4v) is 8.86. The standard InChI is InChI=1S/C56H45N5/c57-37-50(40-19-7-2-8-20-40)53-49-30-14-13-29-48(49)51(52(58-53)41-21-9-3-10-22-41)46-27-15-25-44(35-46)45-26-16-28-47(36-45)56-60-54(42-23-11-4-12-24-42)59-55(61-56)43-33-31-39(32-34-43)38-17-5-1-6-18-38/h1-17,19-23,25-34,36-38,42,46H,18,24,35,57H2. The molecule has 0 saturated heterocycles. The third-order valence-corrected chi connectivity index (χ3v) is 12.0. The van der Waals surface area contributed by atoms with Gasteiger partial charge in [0.2, 0.25) is 0 Å². The van der Waals surface area contributed by atoms with Crippen LogP contribution in [-0.4, -0.2) is 19.9 Å². The molecule has 10 rings (SSSR count). The molecule has 5 aromatic carbocycles. The van der Waals surface area contributed by atoms with Gasteiger partial charge >= 0.3 is 0 Å². The van der Waals surface area contributed by atoms with Gasteiger partial charge in [-0.1, -0.05) is 194 Å². The van der Waals surface area contributed by atoms with Crippen LogP contribution in [0.2, 0.25) is 0 Å². The largest absolute Gasteiger partial charge is 0.404 e. The predicted octanol–water partition coefficient (Wildman–Crippen LogP) is 13.1. The van der Waals surface area contributed by atoms with Crippen molar-refractivity contribution in [1.82, 2.24) is 19.9 Å².